The molecule has 0 saturated heterocycles. The van der Waals surface area contributed by atoms with E-state index in [1.54, 1.807) is 6.33 Å². The predicted molar refractivity (Wildman–Crippen MR) is 136 cm³/mol. The zero-order valence-corrected chi connectivity index (χ0v) is 20.3. The summed E-state index contributed by atoms with van der Waals surface area (Å²) in [5.41, 5.74) is 18.9. The zero-order chi connectivity index (χ0) is 23.9. The Kier molecular flexibility index (Phi) is 5.90. The van der Waals surface area contributed by atoms with Gasteiger partial charge in [-0.2, -0.15) is 0 Å². The molecule has 1 aromatic carbocycles. The van der Waals surface area contributed by atoms with Gasteiger partial charge in [0.25, 0.3) is 0 Å². The van der Waals surface area contributed by atoms with Crippen LogP contribution < -0.4 is 21.1 Å². The molecule has 2 aromatic heterocycles. The van der Waals surface area contributed by atoms with Crippen LogP contribution in [0, 0.1) is 0 Å². The summed E-state index contributed by atoms with van der Waals surface area (Å²) in [7, 11) is 2.14. The smallest absolute Gasteiger partial charge is 0.143 e. The largest absolute Gasteiger partial charge is 0.488 e. The third-order valence-corrected chi connectivity index (χ3v) is 7.24. The summed E-state index contributed by atoms with van der Waals surface area (Å²) in [6.07, 6.45) is 10.3. The van der Waals surface area contributed by atoms with Crippen LogP contribution in [-0.4, -0.2) is 34.1 Å². The Balaban J connectivity index is 1.61. The van der Waals surface area contributed by atoms with Crippen molar-refractivity contribution in [1.82, 2.24) is 15.0 Å². The van der Waals surface area contributed by atoms with Crippen LogP contribution in [0.15, 0.2) is 43.0 Å². The minimum absolute atomic E-state index is 0.188. The number of hydrogen-bond donors (Lipinski definition) is 2. The number of rotatable bonds is 5. The number of fused-ring (bicyclic) bond motifs is 3. The number of benzene rings is 1. The van der Waals surface area contributed by atoms with Crippen molar-refractivity contribution >= 4 is 11.5 Å². The molecule has 7 nitrogen and oxygen atoms in total. The van der Waals surface area contributed by atoms with Crippen molar-refractivity contribution in [3.63, 3.8) is 0 Å². The van der Waals surface area contributed by atoms with Gasteiger partial charge in [0.05, 0.1) is 17.5 Å². The Bertz CT molecular complexity index is 1170. The predicted octanol–water partition coefficient (Wildman–Crippen LogP) is 4.24. The fraction of sp³-hybridized carbons (Fsp3) is 0.444. The van der Waals surface area contributed by atoms with E-state index in [-0.39, 0.29) is 11.5 Å². The Labute approximate surface area is 201 Å². The molecule has 2 heterocycles. The lowest BCUT2D eigenvalue weighted by Crippen LogP contribution is -2.33. The van der Waals surface area contributed by atoms with E-state index in [1.165, 1.54) is 11.1 Å². The first-order chi connectivity index (χ1) is 16.3. The summed E-state index contributed by atoms with van der Waals surface area (Å²) in [4.78, 5) is 15.4. The highest BCUT2D eigenvalue weighted by Gasteiger charge is 2.37. The zero-order valence-electron chi connectivity index (χ0n) is 20.3. The highest BCUT2D eigenvalue weighted by atomic mass is 16.5. The fourth-order valence-corrected chi connectivity index (χ4v) is 5.56. The third kappa shape index (κ3) is 4.20. The van der Waals surface area contributed by atoms with Crippen molar-refractivity contribution < 1.29 is 4.74 Å². The number of nitrogens with two attached hydrogens (primary N) is 2. The van der Waals surface area contributed by atoms with Crippen molar-refractivity contribution in [2.24, 2.45) is 5.73 Å². The van der Waals surface area contributed by atoms with E-state index in [2.05, 4.69) is 65.0 Å². The number of nitrogens with zero attached hydrogens (tertiary/aromatic N) is 4. The summed E-state index contributed by atoms with van der Waals surface area (Å²) >= 11 is 0. The monoisotopic (exact) mass is 458 g/mol. The molecule has 7 heteroatoms. The Morgan fingerprint density at radius 2 is 1.79 bits per heavy atom. The lowest BCUT2D eigenvalue weighted by atomic mass is 9.71. The molecule has 2 aliphatic rings. The highest BCUT2D eigenvalue weighted by molar-refractivity contribution is 5.83. The van der Waals surface area contributed by atoms with Crippen LogP contribution in [0.2, 0.25) is 0 Å². The number of nitrogen functional groups attached to an aromatic ring is 1. The summed E-state index contributed by atoms with van der Waals surface area (Å²) in [6.45, 7) is 5.19. The van der Waals surface area contributed by atoms with Gasteiger partial charge in [-0.1, -0.05) is 13.8 Å². The van der Waals surface area contributed by atoms with Crippen molar-refractivity contribution in [3.8, 4) is 17.0 Å². The van der Waals surface area contributed by atoms with Gasteiger partial charge >= 0.3 is 0 Å². The molecule has 2 aliphatic carbocycles. The van der Waals surface area contributed by atoms with Crippen molar-refractivity contribution in [3.05, 3.63) is 59.7 Å². The molecule has 0 atom stereocenters. The van der Waals surface area contributed by atoms with Crippen LogP contribution >= 0.6 is 0 Å². The molecule has 4 N–H and O–H groups in total. The van der Waals surface area contributed by atoms with Gasteiger partial charge < -0.3 is 21.1 Å². The van der Waals surface area contributed by atoms with Crippen LogP contribution in [0.1, 0.15) is 56.2 Å². The van der Waals surface area contributed by atoms with Crippen LogP contribution in [0.25, 0.3) is 11.3 Å². The van der Waals surface area contributed by atoms with Gasteiger partial charge in [0.15, 0.2) is 0 Å². The summed E-state index contributed by atoms with van der Waals surface area (Å²) < 4.78 is 6.67. The average Bonchev–Trinajstić information content (AvgIpc) is 2.80. The third-order valence-electron chi connectivity index (χ3n) is 7.24. The Hall–Kier alpha value is -3.19. The van der Waals surface area contributed by atoms with Crippen LogP contribution in [0.3, 0.4) is 0 Å². The maximum atomic E-state index is 6.67. The standard InChI is InChI=1S/C27H34N6O/c1-27(2)14-21-20(24-23(27)26(29)32-16-31-24)8-9-22(34-19-6-4-18(28)5-7-19)25(21)33(3)15-17-10-12-30-13-11-17/h8-13,16,18-19H,4-7,14-15,28H2,1-3H3,(H2,29,31,32)/t18-,19-. The van der Waals surface area contributed by atoms with Gasteiger partial charge in [0.1, 0.15) is 17.9 Å². The van der Waals surface area contributed by atoms with Gasteiger partial charge in [0.2, 0.25) is 0 Å². The average molecular weight is 459 g/mol. The molecule has 0 amide bonds. The number of pyridine rings is 1. The molecule has 0 spiro atoms. The number of aromatic nitrogens is 3. The summed E-state index contributed by atoms with van der Waals surface area (Å²) in [6, 6.07) is 8.65. The molecule has 178 valence electrons. The van der Waals surface area contributed by atoms with E-state index in [9.17, 15) is 0 Å². The van der Waals surface area contributed by atoms with E-state index in [0.717, 1.165) is 66.9 Å². The molecule has 0 unspecified atom stereocenters. The first-order valence-electron chi connectivity index (χ1n) is 12.1. The molecular formula is C27H34N6O. The minimum Gasteiger partial charge on any atom is -0.488 e. The van der Waals surface area contributed by atoms with E-state index in [4.69, 9.17) is 16.2 Å². The van der Waals surface area contributed by atoms with Gasteiger partial charge in [-0.15, -0.1) is 0 Å². The van der Waals surface area contributed by atoms with Crippen molar-refractivity contribution in [2.45, 2.75) is 70.1 Å². The molecule has 5 rings (SSSR count). The fourth-order valence-electron chi connectivity index (χ4n) is 5.56. The van der Waals surface area contributed by atoms with E-state index >= 15 is 0 Å². The number of hydrogen-bond acceptors (Lipinski definition) is 7. The topological polar surface area (TPSA) is 103 Å². The molecule has 1 saturated carbocycles. The van der Waals surface area contributed by atoms with E-state index in [0.29, 0.717) is 11.9 Å². The normalized spacial score (nSPS) is 20.8. The molecule has 0 bridgehead atoms. The van der Waals surface area contributed by atoms with E-state index in [1.807, 2.05) is 12.4 Å². The molecule has 0 aliphatic heterocycles. The summed E-state index contributed by atoms with van der Waals surface area (Å²) in [5, 5.41) is 0. The maximum Gasteiger partial charge on any atom is 0.143 e. The van der Waals surface area contributed by atoms with Gasteiger partial charge in [-0.05, 0) is 72.9 Å². The van der Waals surface area contributed by atoms with E-state index < -0.39 is 0 Å². The molecule has 0 radical (unpaired) electrons. The van der Waals surface area contributed by atoms with Gasteiger partial charge in [-0.25, -0.2) is 9.97 Å². The second-order valence-electron chi connectivity index (χ2n) is 10.3. The second kappa shape index (κ2) is 8.87. The molecule has 1 fully saturated rings. The first kappa shape index (κ1) is 22.6. The lowest BCUT2D eigenvalue weighted by Gasteiger charge is -2.37. The minimum atomic E-state index is -0.198. The van der Waals surface area contributed by atoms with Crippen molar-refractivity contribution in [1.29, 1.82) is 0 Å². The quantitative estimate of drug-likeness (QED) is 0.589. The Morgan fingerprint density at radius 3 is 2.53 bits per heavy atom. The van der Waals surface area contributed by atoms with Gasteiger partial charge in [-0.3, -0.25) is 4.98 Å². The van der Waals surface area contributed by atoms with Crippen LogP contribution in [0.5, 0.6) is 5.75 Å². The summed E-state index contributed by atoms with van der Waals surface area (Å²) in [5.74, 6) is 1.49. The molecule has 34 heavy (non-hydrogen) atoms. The Morgan fingerprint density at radius 1 is 1.06 bits per heavy atom. The maximum absolute atomic E-state index is 6.67. The van der Waals surface area contributed by atoms with Gasteiger partial charge in [0, 0.05) is 43.2 Å². The number of anilines is 2. The molecular weight excluding hydrogens is 424 g/mol. The SMILES string of the molecule is CN(Cc1ccncc1)c1c(O[C@H]2CC[C@H](N)CC2)ccc2c1CC(C)(C)c1c(N)ncnc1-2. The van der Waals surface area contributed by atoms with Crippen LogP contribution in [-0.2, 0) is 18.4 Å². The highest BCUT2D eigenvalue weighted by Crippen LogP contribution is 2.49. The van der Waals surface area contributed by atoms with Crippen LogP contribution in [0.4, 0.5) is 11.5 Å². The first-order valence-corrected chi connectivity index (χ1v) is 12.1. The van der Waals surface area contributed by atoms with Crippen molar-refractivity contribution in [2.75, 3.05) is 17.7 Å². The second-order valence-corrected chi connectivity index (χ2v) is 10.3. The number of ether oxygens (including phenoxy) is 1. The molecule has 3 aromatic rings. The lowest BCUT2D eigenvalue weighted by molar-refractivity contribution is 0.147.